The van der Waals surface area contributed by atoms with E-state index in [2.05, 4.69) is 0 Å². The second kappa shape index (κ2) is 6.52. The summed E-state index contributed by atoms with van der Waals surface area (Å²) in [4.78, 5) is 28.1. The van der Waals surface area contributed by atoms with Crippen molar-refractivity contribution in [3.05, 3.63) is 24.3 Å². The largest absolute Gasteiger partial charge is 0.378 e. The SMILES string of the molecule is CC1CC(=O)N(CC(=O)N2CCOCC2)c2ccccc2S1(=O)=O. The van der Waals surface area contributed by atoms with E-state index in [1.165, 1.54) is 17.9 Å². The van der Waals surface area contributed by atoms with Crippen molar-refractivity contribution in [2.75, 3.05) is 37.7 Å². The van der Waals surface area contributed by atoms with E-state index in [1.807, 2.05) is 0 Å². The van der Waals surface area contributed by atoms with Crippen molar-refractivity contribution >= 4 is 27.3 Å². The van der Waals surface area contributed by atoms with E-state index in [-0.39, 0.29) is 35.4 Å². The van der Waals surface area contributed by atoms with Crippen LogP contribution in [0.1, 0.15) is 13.3 Å². The third-order valence-electron chi connectivity index (χ3n) is 4.41. The van der Waals surface area contributed by atoms with Crippen LogP contribution in [0.5, 0.6) is 0 Å². The van der Waals surface area contributed by atoms with Crippen molar-refractivity contribution in [1.82, 2.24) is 4.90 Å². The molecule has 1 atom stereocenters. The highest BCUT2D eigenvalue weighted by Gasteiger charge is 2.37. The fourth-order valence-electron chi connectivity index (χ4n) is 2.96. The number of carbonyl (C=O) groups excluding carboxylic acids is 2. The summed E-state index contributed by atoms with van der Waals surface area (Å²) in [6.45, 7) is 3.28. The molecule has 2 heterocycles. The molecule has 0 bridgehead atoms. The van der Waals surface area contributed by atoms with E-state index in [4.69, 9.17) is 4.74 Å². The van der Waals surface area contributed by atoms with E-state index >= 15 is 0 Å². The van der Waals surface area contributed by atoms with Crippen LogP contribution in [0.3, 0.4) is 0 Å². The summed E-state index contributed by atoms with van der Waals surface area (Å²) in [7, 11) is -3.59. The summed E-state index contributed by atoms with van der Waals surface area (Å²) in [5.41, 5.74) is 0.286. The Hall–Kier alpha value is -1.93. The normalized spacial score (nSPS) is 23.5. The van der Waals surface area contributed by atoms with Gasteiger partial charge in [-0.1, -0.05) is 12.1 Å². The third-order valence-corrected chi connectivity index (χ3v) is 6.60. The minimum atomic E-state index is -3.59. The Morgan fingerprint density at radius 3 is 2.62 bits per heavy atom. The summed E-state index contributed by atoms with van der Waals surface area (Å²) in [5.74, 6) is -0.550. The second-order valence-corrected chi connectivity index (χ2v) is 8.34. The molecule has 2 aliphatic heterocycles. The number of hydrogen-bond acceptors (Lipinski definition) is 5. The maximum absolute atomic E-state index is 12.6. The van der Waals surface area contributed by atoms with Gasteiger partial charge in [-0.3, -0.25) is 9.59 Å². The van der Waals surface area contributed by atoms with Gasteiger partial charge in [0, 0.05) is 19.5 Å². The van der Waals surface area contributed by atoms with E-state index in [0.29, 0.717) is 26.3 Å². The number of para-hydroxylation sites is 1. The molecule has 7 nitrogen and oxygen atoms in total. The van der Waals surface area contributed by atoms with Gasteiger partial charge in [0.1, 0.15) is 6.54 Å². The minimum Gasteiger partial charge on any atom is -0.378 e. The van der Waals surface area contributed by atoms with Crippen LogP contribution >= 0.6 is 0 Å². The first-order valence-corrected chi connectivity index (χ1v) is 9.44. The lowest BCUT2D eigenvalue weighted by Crippen LogP contribution is -2.47. The maximum Gasteiger partial charge on any atom is 0.242 e. The van der Waals surface area contributed by atoms with Crippen molar-refractivity contribution in [3.8, 4) is 0 Å². The molecule has 1 unspecified atom stereocenters. The Morgan fingerprint density at radius 2 is 1.92 bits per heavy atom. The molecule has 1 aromatic rings. The van der Waals surface area contributed by atoms with Gasteiger partial charge >= 0.3 is 0 Å². The Balaban J connectivity index is 1.94. The van der Waals surface area contributed by atoms with Crippen LogP contribution in [0.2, 0.25) is 0 Å². The predicted octanol–water partition coefficient (Wildman–Crippen LogP) is 0.444. The lowest BCUT2D eigenvalue weighted by molar-refractivity contribution is -0.135. The van der Waals surface area contributed by atoms with Crippen molar-refractivity contribution in [3.63, 3.8) is 0 Å². The average molecular weight is 352 g/mol. The van der Waals surface area contributed by atoms with Gasteiger partial charge in [0.2, 0.25) is 11.8 Å². The molecule has 0 radical (unpaired) electrons. The van der Waals surface area contributed by atoms with Crippen LogP contribution in [0.4, 0.5) is 5.69 Å². The molecule has 130 valence electrons. The Bertz CT molecular complexity index is 755. The molecule has 1 aromatic carbocycles. The van der Waals surface area contributed by atoms with Crippen molar-refractivity contribution in [2.24, 2.45) is 0 Å². The summed E-state index contributed by atoms with van der Waals surface area (Å²) in [6, 6.07) is 6.37. The van der Waals surface area contributed by atoms with Crippen LogP contribution in [-0.4, -0.2) is 63.2 Å². The quantitative estimate of drug-likeness (QED) is 0.771. The van der Waals surface area contributed by atoms with E-state index < -0.39 is 15.1 Å². The molecule has 8 heteroatoms. The standard InChI is InChI=1S/C16H20N2O5S/c1-12-10-15(19)18(11-16(20)17-6-8-23-9-7-17)13-4-2-3-5-14(13)24(12,21)22/h2-5,12H,6-11H2,1H3. The van der Waals surface area contributed by atoms with Gasteiger partial charge in [-0.2, -0.15) is 0 Å². The topological polar surface area (TPSA) is 84.0 Å². The number of benzene rings is 1. The summed E-state index contributed by atoms with van der Waals surface area (Å²) >= 11 is 0. The zero-order valence-corrected chi connectivity index (χ0v) is 14.3. The zero-order valence-electron chi connectivity index (χ0n) is 13.5. The van der Waals surface area contributed by atoms with E-state index in [0.717, 1.165) is 0 Å². The van der Waals surface area contributed by atoms with Crippen LogP contribution in [0.25, 0.3) is 0 Å². The number of anilines is 1. The first kappa shape index (κ1) is 16.9. The zero-order chi connectivity index (χ0) is 17.3. The minimum absolute atomic E-state index is 0.109. The molecule has 2 aliphatic rings. The number of nitrogens with zero attached hydrogens (tertiary/aromatic N) is 2. The number of ether oxygens (including phenoxy) is 1. The lowest BCUT2D eigenvalue weighted by atomic mass is 10.2. The van der Waals surface area contributed by atoms with E-state index in [1.54, 1.807) is 23.1 Å². The van der Waals surface area contributed by atoms with Crippen LogP contribution in [-0.2, 0) is 24.2 Å². The molecular weight excluding hydrogens is 332 g/mol. The molecule has 0 N–H and O–H groups in total. The fraction of sp³-hybridized carbons (Fsp3) is 0.500. The molecular formula is C16H20N2O5S. The number of hydrogen-bond donors (Lipinski definition) is 0. The maximum atomic E-state index is 12.6. The number of carbonyl (C=O) groups is 2. The van der Waals surface area contributed by atoms with Gasteiger partial charge < -0.3 is 14.5 Å². The van der Waals surface area contributed by atoms with Gasteiger partial charge in [0.05, 0.1) is 29.0 Å². The predicted molar refractivity (Wildman–Crippen MR) is 87.5 cm³/mol. The van der Waals surface area contributed by atoms with Crippen LogP contribution in [0, 0.1) is 0 Å². The highest BCUT2D eigenvalue weighted by Crippen LogP contribution is 2.33. The Kier molecular flexibility index (Phi) is 4.60. The molecule has 0 aliphatic carbocycles. The third kappa shape index (κ3) is 3.03. The van der Waals surface area contributed by atoms with Gasteiger partial charge in [-0.25, -0.2) is 8.42 Å². The Labute approximate surface area is 141 Å². The van der Waals surface area contributed by atoms with Gasteiger partial charge in [0.15, 0.2) is 9.84 Å². The second-order valence-electron chi connectivity index (χ2n) is 6.00. The smallest absolute Gasteiger partial charge is 0.242 e. The first-order chi connectivity index (χ1) is 11.4. The van der Waals surface area contributed by atoms with Crippen molar-refractivity contribution in [2.45, 2.75) is 23.5 Å². The number of amides is 2. The number of sulfone groups is 1. The summed E-state index contributed by atoms with van der Waals surface area (Å²) in [6.07, 6.45) is -0.132. The number of fused-ring (bicyclic) bond motifs is 1. The molecule has 2 amide bonds. The van der Waals surface area contributed by atoms with Crippen LogP contribution < -0.4 is 4.90 Å². The highest BCUT2D eigenvalue weighted by molar-refractivity contribution is 7.92. The van der Waals surface area contributed by atoms with Gasteiger partial charge in [-0.15, -0.1) is 0 Å². The molecule has 0 aromatic heterocycles. The van der Waals surface area contributed by atoms with Crippen molar-refractivity contribution < 1.29 is 22.7 Å². The fourth-order valence-corrected chi connectivity index (χ4v) is 4.49. The van der Waals surface area contributed by atoms with Crippen molar-refractivity contribution in [1.29, 1.82) is 0 Å². The number of morpholine rings is 1. The lowest BCUT2D eigenvalue weighted by Gasteiger charge is -2.30. The van der Waals surface area contributed by atoms with Crippen LogP contribution in [0.15, 0.2) is 29.2 Å². The highest BCUT2D eigenvalue weighted by atomic mass is 32.2. The van der Waals surface area contributed by atoms with Gasteiger partial charge in [-0.05, 0) is 19.1 Å². The molecule has 1 saturated heterocycles. The summed E-state index contributed by atoms with van der Waals surface area (Å²) in [5, 5.41) is -0.811. The molecule has 1 fully saturated rings. The molecule has 0 spiro atoms. The molecule has 24 heavy (non-hydrogen) atoms. The summed E-state index contributed by atoms with van der Waals surface area (Å²) < 4.78 is 30.4. The molecule has 0 saturated carbocycles. The molecule has 3 rings (SSSR count). The first-order valence-electron chi connectivity index (χ1n) is 7.90. The van der Waals surface area contributed by atoms with E-state index in [9.17, 15) is 18.0 Å². The average Bonchev–Trinajstić information content (AvgIpc) is 2.65. The monoisotopic (exact) mass is 352 g/mol. The van der Waals surface area contributed by atoms with Gasteiger partial charge in [0.25, 0.3) is 0 Å². The Morgan fingerprint density at radius 1 is 1.25 bits per heavy atom. The number of rotatable bonds is 2.